The van der Waals surface area contributed by atoms with Crippen molar-refractivity contribution >= 4 is 5.91 Å². The monoisotopic (exact) mass is 300 g/mol. The number of rotatable bonds is 6. The highest BCUT2D eigenvalue weighted by Crippen LogP contribution is 2.15. The van der Waals surface area contributed by atoms with E-state index in [-0.39, 0.29) is 11.9 Å². The lowest BCUT2D eigenvalue weighted by Gasteiger charge is -2.30. The molecule has 1 heterocycles. The third-order valence-corrected chi connectivity index (χ3v) is 3.61. The highest BCUT2D eigenvalue weighted by molar-refractivity contribution is 5.88. The molecule has 2 rings (SSSR count). The van der Waals surface area contributed by atoms with Crippen LogP contribution < -0.4 is 5.32 Å². The number of nitrogens with one attached hydrogen (secondary N) is 1. The number of amides is 1. The molecule has 1 aromatic rings. The van der Waals surface area contributed by atoms with Crippen LogP contribution in [0.15, 0.2) is 54.6 Å². The first-order chi connectivity index (χ1) is 10.8. The molecule has 0 aromatic heterocycles. The van der Waals surface area contributed by atoms with Gasteiger partial charge in [0.25, 0.3) is 0 Å². The molecule has 4 nitrogen and oxygen atoms in total. The summed E-state index contributed by atoms with van der Waals surface area (Å²) in [6.45, 7) is 6.07. The minimum atomic E-state index is -0.0692. The molecule has 0 spiro atoms. The standard InChI is InChI=1S/C18H24N2O2/c1-2-3-5-10-18(21)19-17(16-8-6-4-7-9-16)15-20-11-13-22-14-12-20/h2-10,17H,11-15H2,1H3,(H,19,21)/b3-2+,10-5+. The van der Waals surface area contributed by atoms with Crippen molar-refractivity contribution in [3.05, 3.63) is 60.2 Å². The van der Waals surface area contributed by atoms with E-state index in [1.165, 1.54) is 0 Å². The largest absolute Gasteiger partial charge is 0.379 e. The van der Waals surface area contributed by atoms with Gasteiger partial charge in [-0.2, -0.15) is 0 Å². The number of carbonyl (C=O) groups excluding carboxylic acids is 1. The fourth-order valence-electron chi connectivity index (χ4n) is 2.44. The van der Waals surface area contributed by atoms with Crippen LogP contribution in [0.4, 0.5) is 0 Å². The van der Waals surface area contributed by atoms with Gasteiger partial charge in [0.2, 0.25) is 5.91 Å². The van der Waals surface area contributed by atoms with Crippen LogP contribution in [0.3, 0.4) is 0 Å². The predicted octanol–water partition coefficient (Wildman–Crippen LogP) is 2.31. The van der Waals surface area contributed by atoms with E-state index in [1.807, 2.05) is 37.3 Å². The summed E-state index contributed by atoms with van der Waals surface area (Å²) in [6, 6.07) is 10.1. The van der Waals surface area contributed by atoms with E-state index in [2.05, 4.69) is 22.3 Å². The van der Waals surface area contributed by atoms with Gasteiger partial charge in [-0.3, -0.25) is 9.69 Å². The van der Waals surface area contributed by atoms with Gasteiger partial charge < -0.3 is 10.1 Å². The Morgan fingerprint density at radius 3 is 2.68 bits per heavy atom. The molecule has 1 aliphatic rings. The summed E-state index contributed by atoms with van der Waals surface area (Å²) in [5.41, 5.74) is 1.13. The summed E-state index contributed by atoms with van der Waals surface area (Å²) in [6.07, 6.45) is 7.06. The van der Waals surface area contributed by atoms with Crippen molar-refractivity contribution < 1.29 is 9.53 Å². The zero-order valence-corrected chi connectivity index (χ0v) is 13.1. The van der Waals surface area contributed by atoms with E-state index in [1.54, 1.807) is 12.2 Å². The van der Waals surface area contributed by atoms with Crippen LogP contribution in [0, 0.1) is 0 Å². The molecule has 4 heteroatoms. The second-order valence-electron chi connectivity index (χ2n) is 5.27. The zero-order valence-electron chi connectivity index (χ0n) is 13.1. The number of benzene rings is 1. The third kappa shape index (κ3) is 5.47. The van der Waals surface area contributed by atoms with Gasteiger partial charge in [-0.25, -0.2) is 0 Å². The number of ether oxygens (including phenoxy) is 1. The molecule has 1 saturated heterocycles. The van der Waals surface area contributed by atoms with E-state index in [0.29, 0.717) is 0 Å². The molecule has 1 amide bonds. The summed E-state index contributed by atoms with van der Waals surface area (Å²) < 4.78 is 5.39. The highest BCUT2D eigenvalue weighted by atomic mass is 16.5. The van der Waals surface area contributed by atoms with Gasteiger partial charge in [0.05, 0.1) is 19.3 Å². The molecule has 118 valence electrons. The summed E-state index contributed by atoms with van der Waals surface area (Å²) >= 11 is 0. The summed E-state index contributed by atoms with van der Waals surface area (Å²) in [5, 5.41) is 3.10. The first-order valence-electron chi connectivity index (χ1n) is 7.74. The van der Waals surface area contributed by atoms with Crippen molar-refractivity contribution in [2.24, 2.45) is 0 Å². The lowest BCUT2D eigenvalue weighted by atomic mass is 10.1. The number of allylic oxidation sites excluding steroid dienone is 3. The van der Waals surface area contributed by atoms with Gasteiger partial charge in [-0.15, -0.1) is 0 Å². The highest BCUT2D eigenvalue weighted by Gasteiger charge is 2.19. The van der Waals surface area contributed by atoms with Crippen molar-refractivity contribution in [1.29, 1.82) is 0 Å². The van der Waals surface area contributed by atoms with Gasteiger partial charge in [0.1, 0.15) is 0 Å². The maximum absolute atomic E-state index is 12.1. The summed E-state index contributed by atoms with van der Waals surface area (Å²) in [7, 11) is 0. The molecule has 1 unspecified atom stereocenters. The lowest BCUT2D eigenvalue weighted by molar-refractivity contribution is -0.117. The Kier molecular flexibility index (Phi) is 6.87. The van der Waals surface area contributed by atoms with E-state index < -0.39 is 0 Å². The normalized spacial score (nSPS) is 17.9. The fraction of sp³-hybridized carbons (Fsp3) is 0.389. The van der Waals surface area contributed by atoms with Gasteiger partial charge in [-0.05, 0) is 12.5 Å². The Morgan fingerprint density at radius 2 is 2.00 bits per heavy atom. The molecule has 0 bridgehead atoms. The first-order valence-corrected chi connectivity index (χ1v) is 7.74. The Balaban J connectivity index is 2.02. The molecule has 0 radical (unpaired) electrons. The summed E-state index contributed by atoms with van der Waals surface area (Å²) in [4.78, 5) is 14.4. The first kappa shape index (κ1) is 16.5. The van der Waals surface area contributed by atoms with Gasteiger partial charge >= 0.3 is 0 Å². The minimum Gasteiger partial charge on any atom is -0.379 e. The maximum Gasteiger partial charge on any atom is 0.244 e. The molecule has 22 heavy (non-hydrogen) atoms. The van der Waals surface area contributed by atoms with Gasteiger partial charge in [0.15, 0.2) is 0 Å². The second kappa shape index (κ2) is 9.18. The number of hydrogen-bond acceptors (Lipinski definition) is 3. The number of hydrogen-bond donors (Lipinski definition) is 1. The maximum atomic E-state index is 12.1. The summed E-state index contributed by atoms with van der Waals surface area (Å²) in [5.74, 6) is -0.0692. The molecule has 1 aromatic carbocycles. The van der Waals surface area contributed by atoms with Gasteiger partial charge in [-0.1, -0.05) is 48.6 Å². The Labute approximate surface area is 132 Å². The topological polar surface area (TPSA) is 41.6 Å². The van der Waals surface area contributed by atoms with E-state index >= 15 is 0 Å². The molecule has 1 atom stereocenters. The second-order valence-corrected chi connectivity index (χ2v) is 5.27. The molecule has 1 fully saturated rings. The molecule has 1 N–H and O–H groups in total. The smallest absolute Gasteiger partial charge is 0.244 e. The number of morpholine rings is 1. The Bertz CT molecular complexity index is 505. The SMILES string of the molecule is C/C=C/C=C/C(=O)NC(CN1CCOCC1)c1ccccc1. The Morgan fingerprint density at radius 1 is 1.27 bits per heavy atom. The molecular weight excluding hydrogens is 276 g/mol. The van der Waals surface area contributed by atoms with Crippen LogP contribution in [0.1, 0.15) is 18.5 Å². The van der Waals surface area contributed by atoms with E-state index in [9.17, 15) is 4.79 Å². The quantitative estimate of drug-likeness (QED) is 0.647. The van der Waals surface area contributed by atoms with Crippen LogP contribution >= 0.6 is 0 Å². The molecule has 0 aliphatic carbocycles. The van der Waals surface area contributed by atoms with E-state index in [4.69, 9.17) is 4.74 Å². The fourth-order valence-corrected chi connectivity index (χ4v) is 2.44. The Hall–Kier alpha value is -1.91. The van der Waals surface area contributed by atoms with Crippen LogP contribution in [0.25, 0.3) is 0 Å². The van der Waals surface area contributed by atoms with Crippen molar-refractivity contribution in [3.63, 3.8) is 0 Å². The average Bonchev–Trinajstić information content (AvgIpc) is 2.56. The van der Waals surface area contributed by atoms with Crippen molar-refractivity contribution in [1.82, 2.24) is 10.2 Å². The van der Waals surface area contributed by atoms with Crippen molar-refractivity contribution in [3.8, 4) is 0 Å². The van der Waals surface area contributed by atoms with Crippen LogP contribution in [0.2, 0.25) is 0 Å². The molecular formula is C18H24N2O2. The molecule has 1 aliphatic heterocycles. The van der Waals surface area contributed by atoms with Crippen LogP contribution in [-0.2, 0) is 9.53 Å². The predicted molar refractivity (Wildman–Crippen MR) is 88.5 cm³/mol. The van der Waals surface area contributed by atoms with Crippen molar-refractivity contribution in [2.75, 3.05) is 32.8 Å². The average molecular weight is 300 g/mol. The van der Waals surface area contributed by atoms with Gasteiger partial charge in [0, 0.05) is 25.7 Å². The number of nitrogens with zero attached hydrogens (tertiary/aromatic N) is 1. The van der Waals surface area contributed by atoms with E-state index in [0.717, 1.165) is 38.4 Å². The van der Waals surface area contributed by atoms with Crippen molar-refractivity contribution in [2.45, 2.75) is 13.0 Å². The van der Waals surface area contributed by atoms with Crippen LogP contribution in [0.5, 0.6) is 0 Å². The van der Waals surface area contributed by atoms with Crippen LogP contribution in [-0.4, -0.2) is 43.7 Å². The number of carbonyl (C=O) groups is 1. The third-order valence-electron chi connectivity index (χ3n) is 3.61. The lowest BCUT2D eigenvalue weighted by Crippen LogP contribution is -2.42. The zero-order chi connectivity index (χ0) is 15.6. The minimum absolute atomic E-state index is 0.0120. The molecule has 0 saturated carbocycles.